The van der Waals surface area contributed by atoms with Crippen LogP contribution in [0.15, 0.2) is 24.3 Å². The molecule has 0 aromatic heterocycles. The quantitative estimate of drug-likeness (QED) is 0.825. The van der Waals surface area contributed by atoms with Crippen molar-refractivity contribution in [1.29, 1.82) is 0 Å². The van der Waals surface area contributed by atoms with E-state index in [1.165, 1.54) is 0 Å². The number of nitrogens with one attached hydrogen (secondary N) is 1. The summed E-state index contributed by atoms with van der Waals surface area (Å²) in [4.78, 5) is 0. The monoisotopic (exact) mass is 277 g/mol. The highest BCUT2D eigenvalue weighted by Crippen LogP contribution is 2.46. The van der Waals surface area contributed by atoms with Gasteiger partial charge in [0.2, 0.25) is 0 Å². The molecule has 3 heteroatoms. The Morgan fingerprint density at radius 1 is 1.25 bits per heavy atom. The molecule has 0 amide bonds. The first-order valence-electron chi connectivity index (χ1n) is 7.76. The number of ether oxygens (including phenoxy) is 2. The molecule has 1 fully saturated rings. The highest BCUT2D eigenvalue weighted by Gasteiger charge is 2.51. The molecule has 1 aromatic carbocycles. The second kappa shape index (κ2) is 6.49. The zero-order valence-electron chi connectivity index (χ0n) is 13.1. The summed E-state index contributed by atoms with van der Waals surface area (Å²) >= 11 is 0. The third-order valence-electron chi connectivity index (χ3n) is 4.59. The summed E-state index contributed by atoms with van der Waals surface area (Å²) in [6.07, 6.45) is 2.49. The maximum absolute atomic E-state index is 6.20. The van der Waals surface area contributed by atoms with Crippen LogP contribution < -0.4 is 14.8 Å². The second-order valence-corrected chi connectivity index (χ2v) is 5.72. The molecule has 2 rings (SSSR count). The fourth-order valence-electron chi connectivity index (χ4n) is 3.00. The van der Waals surface area contributed by atoms with Gasteiger partial charge in [0.15, 0.2) is 0 Å². The van der Waals surface area contributed by atoms with Crippen molar-refractivity contribution in [3.63, 3.8) is 0 Å². The van der Waals surface area contributed by atoms with Crippen molar-refractivity contribution in [2.45, 2.75) is 52.7 Å². The number of benzene rings is 1. The van der Waals surface area contributed by atoms with Crippen molar-refractivity contribution in [3.05, 3.63) is 24.3 Å². The lowest BCUT2D eigenvalue weighted by Crippen LogP contribution is -2.63. The highest BCUT2D eigenvalue weighted by molar-refractivity contribution is 5.33. The van der Waals surface area contributed by atoms with Crippen LogP contribution >= 0.6 is 0 Å². The van der Waals surface area contributed by atoms with Crippen LogP contribution in [-0.4, -0.2) is 25.3 Å². The summed E-state index contributed by atoms with van der Waals surface area (Å²) in [5.74, 6) is 1.79. The molecular weight excluding hydrogens is 250 g/mol. The third-order valence-corrected chi connectivity index (χ3v) is 4.59. The largest absolute Gasteiger partial charge is 0.494 e. The van der Waals surface area contributed by atoms with Crippen molar-refractivity contribution in [3.8, 4) is 11.5 Å². The van der Waals surface area contributed by atoms with Gasteiger partial charge in [-0.25, -0.2) is 0 Å². The first kappa shape index (κ1) is 15.2. The van der Waals surface area contributed by atoms with Gasteiger partial charge in [-0.3, -0.25) is 0 Å². The van der Waals surface area contributed by atoms with E-state index in [9.17, 15) is 0 Å². The van der Waals surface area contributed by atoms with Gasteiger partial charge in [-0.1, -0.05) is 26.8 Å². The maximum atomic E-state index is 6.20. The fourth-order valence-corrected chi connectivity index (χ4v) is 3.00. The van der Waals surface area contributed by atoms with Crippen LogP contribution in [0.5, 0.6) is 11.5 Å². The molecule has 1 N–H and O–H groups in total. The van der Waals surface area contributed by atoms with Gasteiger partial charge < -0.3 is 14.8 Å². The molecule has 1 aliphatic carbocycles. The summed E-state index contributed by atoms with van der Waals surface area (Å²) in [6, 6.07) is 8.53. The zero-order valence-corrected chi connectivity index (χ0v) is 13.1. The van der Waals surface area contributed by atoms with E-state index in [-0.39, 0.29) is 11.5 Å². The smallest absolute Gasteiger partial charge is 0.123 e. The molecule has 112 valence electrons. The van der Waals surface area contributed by atoms with Crippen molar-refractivity contribution < 1.29 is 9.47 Å². The Kier molecular flexibility index (Phi) is 4.92. The molecule has 1 aromatic rings. The lowest BCUT2D eigenvalue weighted by atomic mass is 9.61. The molecule has 1 saturated carbocycles. The van der Waals surface area contributed by atoms with Crippen LogP contribution in [0.25, 0.3) is 0 Å². The molecule has 20 heavy (non-hydrogen) atoms. The normalized spacial score (nSPS) is 28.8. The minimum Gasteiger partial charge on any atom is -0.494 e. The maximum Gasteiger partial charge on any atom is 0.123 e. The first-order chi connectivity index (χ1) is 9.63. The molecule has 0 bridgehead atoms. The van der Waals surface area contributed by atoms with Gasteiger partial charge in [0, 0.05) is 23.9 Å². The highest BCUT2D eigenvalue weighted by atomic mass is 16.5. The van der Waals surface area contributed by atoms with Crippen molar-refractivity contribution >= 4 is 0 Å². The number of hydrogen-bond donors (Lipinski definition) is 1. The minimum absolute atomic E-state index is 0.220. The topological polar surface area (TPSA) is 30.5 Å². The molecule has 1 aliphatic rings. The average molecular weight is 277 g/mol. The SMILES string of the molecule is CCNC1CC(Oc2cccc(OCC)c2)C1(C)CC. The van der Waals surface area contributed by atoms with Crippen LogP contribution in [-0.2, 0) is 0 Å². The van der Waals surface area contributed by atoms with Crippen LogP contribution in [0.2, 0.25) is 0 Å². The minimum atomic E-state index is 0.220. The Hall–Kier alpha value is -1.22. The van der Waals surface area contributed by atoms with E-state index < -0.39 is 0 Å². The fraction of sp³-hybridized carbons (Fsp3) is 0.647. The van der Waals surface area contributed by atoms with Crippen molar-refractivity contribution in [1.82, 2.24) is 5.32 Å². The Morgan fingerprint density at radius 2 is 2.00 bits per heavy atom. The predicted octanol–water partition coefficient (Wildman–Crippen LogP) is 3.63. The van der Waals surface area contributed by atoms with Crippen LogP contribution in [0.3, 0.4) is 0 Å². The molecule has 0 aliphatic heterocycles. The van der Waals surface area contributed by atoms with Gasteiger partial charge >= 0.3 is 0 Å². The van der Waals surface area contributed by atoms with Crippen LogP contribution in [0.4, 0.5) is 0 Å². The molecule has 3 unspecified atom stereocenters. The molecule has 0 radical (unpaired) electrons. The van der Waals surface area contributed by atoms with E-state index >= 15 is 0 Å². The summed E-state index contributed by atoms with van der Waals surface area (Å²) in [5.41, 5.74) is 0.220. The average Bonchev–Trinajstić information content (AvgIpc) is 2.46. The molecule has 0 heterocycles. The summed E-state index contributed by atoms with van der Waals surface area (Å²) in [7, 11) is 0. The van der Waals surface area contributed by atoms with Gasteiger partial charge in [0.05, 0.1) is 6.61 Å². The van der Waals surface area contributed by atoms with Crippen LogP contribution in [0.1, 0.15) is 40.5 Å². The van der Waals surface area contributed by atoms with E-state index in [2.05, 4.69) is 26.1 Å². The first-order valence-corrected chi connectivity index (χ1v) is 7.76. The van der Waals surface area contributed by atoms with E-state index in [1.807, 2.05) is 31.2 Å². The van der Waals surface area contributed by atoms with Gasteiger partial charge in [-0.15, -0.1) is 0 Å². The summed E-state index contributed by atoms with van der Waals surface area (Å²) in [5, 5.41) is 3.57. The standard InChI is InChI=1S/C17H27NO2/c1-5-17(4)15(18-6-2)12-16(17)20-14-10-8-9-13(11-14)19-7-3/h8-11,15-16,18H,5-7,12H2,1-4H3. The lowest BCUT2D eigenvalue weighted by molar-refractivity contribution is -0.0697. The zero-order chi connectivity index (χ0) is 14.6. The van der Waals surface area contributed by atoms with E-state index in [0.29, 0.717) is 12.6 Å². The van der Waals surface area contributed by atoms with E-state index in [4.69, 9.17) is 9.47 Å². The second-order valence-electron chi connectivity index (χ2n) is 5.72. The molecule has 0 saturated heterocycles. The van der Waals surface area contributed by atoms with Gasteiger partial charge in [-0.05, 0) is 32.0 Å². The van der Waals surface area contributed by atoms with E-state index in [1.54, 1.807) is 0 Å². The van der Waals surface area contributed by atoms with Gasteiger partial charge in [-0.2, -0.15) is 0 Å². The van der Waals surface area contributed by atoms with E-state index in [0.717, 1.165) is 30.9 Å². The Balaban J connectivity index is 2.01. The molecule has 3 nitrogen and oxygen atoms in total. The molecule has 3 atom stereocenters. The summed E-state index contributed by atoms with van der Waals surface area (Å²) in [6.45, 7) is 10.4. The molecular formula is C17H27NO2. The lowest BCUT2D eigenvalue weighted by Gasteiger charge is -2.53. The Bertz CT molecular complexity index is 435. The number of hydrogen-bond acceptors (Lipinski definition) is 3. The van der Waals surface area contributed by atoms with Gasteiger partial charge in [0.25, 0.3) is 0 Å². The van der Waals surface area contributed by atoms with Crippen molar-refractivity contribution in [2.24, 2.45) is 5.41 Å². The Labute approximate surface area is 122 Å². The van der Waals surface area contributed by atoms with Gasteiger partial charge in [0.1, 0.15) is 17.6 Å². The van der Waals surface area contributed by atoms with Crippen LogP contribution in [0, 0.1) is 5.41 Å². The predicted molar refractivity (Wildman–Crippen MR) is 82.5 cm³/mol. The Morgan fingerprint density at radius 3 is 2.65 bits per heavy atom. The molecule has 0 spiro atoms. The number of rotatable bonds is 7. The summed E-state index contributed by atoms with van der Waals surface area (Å²) < 4.78 is 11.7. The van der Waals surface area contributed by atoms with Crippen molar-refractivity contribution in [2.75, 3.05) is 13.2 Å². The third kappa shape index (κ3) is 2.93.